The molecule has 1 aromatic heterocycles. The summed E-state index contributed by atoms with van der Waals surface area (Å²) in [7, 11) is 0. The molecular weight excluding hydrogens is 194 g/mol. The van der Waals surface area contributed by atoms with Crippen molar-refractivity contribution in [3.05, 3.63) is 10.6 Å². The van der Waals surface area contributed by atoms with Crippen LogP contribution in [0, 0.1) is 12.3 Å². The molecule has 0 amide bonds. The molecule has 0 saturated heterocycles. The molecule has 0 aliphatic heterocycles. The zero-order chi connectivity index (χ0) is 10.4. The number of hydrogen-bond acceptors (Lipinski definition) is 4. The van der Waals surface area contributed by atoms with Gasteiger partial charge in [-0.05, 0) is 25.7 Å². The first kappa shape index (κ1) is 11.0. The Balaban J connectivity index is 0.000000213. The van der Waals surface area contributed by atoms with Crippen LogP contribution in [0.15, 0.2) is 0 Å². The van der Waals surface area contributed by atoms with Gasteiger partial charge in [-0.1, -0.05) is 5.92 Å². The summed E-state index contributed by atoms with van der Waals surface area (Å²) in [5, 5.41) is 0.743. The summed E-state index contributed by atoms with van der Waals surface area (Å²) in [6.07, 6.45) is 9.60. The number of anilines is 1. The average molecular weight is 209 g/mol. The van der Waals surface area contributed by atoms with Crippen molar-refractivity contribution < 1.29 is 0 Å². The van der Waals surface area contributed by atoms with Crippen molar-refractivity contribution in [3.8, 4) is 12.3 Å². The van der Waals surface area contributed by atoms with Crippen LogP contribution < -0.4 is 11.5 Å². The highest BCUT2D eigenvalue weighted by molar-refractivity contribution is 7.15. The summed E-state index contributed by atoms with van der Waals surface area (Å²) in [6.45, 7) is 0.347. The summed E-state index contributed by atoms with van der Waals surface area (Å²) in [4.78, 5) is 5.67. The lowest BCUT2D eigenvalue weighted by Gasteiger charge is -2.06. The van der Waals surface area contributed by atoms with Gasteiger partial charge in [0, 0.05) is 4.88 Å². The SMILES string of the molecule is C#CCN.Nc1nc2c(s1)CCCC2. The first-order valence-electron chi connectivity index (χ1n) is 4.65. The summed E-state index contributed by atoms with van der Waals surface area (Å²) in [5.74, 6) is 2.21. The monoisotopic (exact) mass is 209 g/mol. The molecule has 14 heavy (non-hydrogen) atoms. The first-order chi connectivity index (χ1) is 6.77. The van der Waals surface area contributed by atoms with Crippen LogP contribution in [0.3, 0.4) is 0 Å². The van der Waals surface area contributed by atoms with Gasteiger partial charge in [-0.15, -0.1) is 17.8 Å². The lowest BCUT2D eigenvalue weighted by atomic mass is 10.0. The minimum Gasteiger partial charge on any atom is -0.375 e. The molecule has 76 valence electrons. The maximum absolute atomic E-state index is 5.57. The second kappa shape index (κ2) is 5.63. The van der Waals surface area contributed by atoms with Crippen molar-refractivity contribution in [2.24, 2.45) is 5.73 Å². The minimum absolute atomic E-state index is 0.347. The third-order valence-corrected chi connectivity index (χ3v) is 2.97. The van der Waals surface area contributed by atoms with E-state index in [1.165, 1.54) is 29.8 Å². The summed E-state index contributed by atoms with van der Waals surface area (Å²) >= 11 is 1.66. The van der Waals surface area contributed by atoms with Gasteiger partial charge in [-0.25, -0.2) is 4.98 Å². The third kappa shape index (κ3) is 3.02. The Kier molecular flexibility index (Phi) is 4.44. The van der Waals surface area contributed by atoms with Gasteiger partial charge in [0.05, 0.1) is 12.2 Å². The zero-order valence-electron chi connectivity index (χ0n) is 8.12. The number of rotatable bonds is 0. The van der Waals surface area contributed by atoms with Gasteiger partial charge in [0.2, 0.25) is 0 Å². The highest BCUT2D eigenvalue weighted by atomic mass is 32.1. The number of thiazole rings is 1. The number of terminal acetylenes is 1. The quantitative estimate of drug-likeness (QED) is 0.631. The van der Waals surface area contributed by atoms with E-state index in [1.54, 1.807) is 11.3 Å². The van der Waals surface area contributed by atoms with E-state index in [-0.39, 0.29) is 0 Å². The van der Waals surface area contributed by atoms with Crippen molar-refractivity contribution >= 4 is 16.5 Å². The van der Waals surface area contributed by atoms with Crippen LogP contribution in [0.4, 0.5) is 5.13 Å². The molecular formula is C10H15N3S. The fourth-order valence-electron chi connectivity index (χ4n) is 1.37. The Morgan fingerprint density at radius 2 is 2.07 bits per heavy atom. The molecule has 1 heterocycles. The van der Waals surface area contributed by atoms with Gasteiger partial charge in [0.25, 0.3) is 0 Å². The molecule has 1 aromatic rings. The van der Waals surface area contributed by atoms with E-state index in [9.17, 15) is 0 Å². The van der Waals surface area contributed by atoms with Crippen LogP contribution in [0.2, 0.25) is 0 Å². The fourth-order valence-corrected chi connectivity index (χ4v) is 2.29. The molecule has 0 saturated carbocycles. The summed E-state index contributed by atoms with van der Waals surface area (Å²) in [6, 6.07) is 0. The molecule has 4 heteroatoms. The van der Waals surface area contributed by atoms with Gasteiger partial charge in [-0.3, -0.25) is 0 Å². The van der Waals surface area contributed by atoms with E-state index in [0.29, 0.717) is 6.54 Å². The van der Waals surface area contributed by atoms with E-state index < -0.39 is 0 Å². The smallest absolute Gasteiger partial charge is 0.180 e. The molecule has 0 atom stereocenters. The lowest BCUT2D eigenvalue weighted by molar-refractivity contribution is 0.683. The number of nitrogen functional groups attached to an aromatic ring is 1. The number of fused-ring (bicyclic) bond motifs is 1. The van der Waals surface area contributed by atoms with Crippen molar-refractivity contribution in [3.63, 3.8) is 0 Å². The van der Waals surface area contributed by atoms with Gasteiger partial charge in [0.1, 0.15) is 0 Å². The first-order valence-corrected chi connectivity index (χ1v) is 5.47. The largest absolute Gasteiger partial charge is 0.375 e. The predicted molar refractivity (Wildman–Crippen MR) is 61.1 cm³/mol. The number of aryl methyl sites for hydroxylation is 2. The fraction of sp³-hybridized carbons (Fsp3) is 0.500. The topological polar surface area (TPSA) is 64.9 Å². The lowest BCUT2D eigenvalue weighted by Crippen LogP contribution is -1.99. The Hall–Kier alpha value is -1.05. The molecule has 0 bridgehead atoms. The molecule has 0 spiro atoms. The standard InChI is InChI=1S/C7H10N2S.C3H5N/c8-7-9-5-3-1-2-4-6(5)10-7;1-2-3-4/h1-4H2,(H2,8,9);1H,3-4H2. The molecule has 0 unspecified atom stereocenters. The summed E-state index contributed by atoms with van der Waals surface area (Å²) in [5.41, 5.74) is 11.6. The van der Waals surface area contributed by atoms with Crippen LogP contribution in [-0.4, -0.2) is 11.5 Å². The Morgan fingerprint density at radius 1 is 1.43 bits per heavy atom. The summed E-state index contributed by atoms with van der Waals surface area (Å²) < 4.78 is 0. The van der Waals surface area contributed by atoms with Gasteiger partial charge in [0.15, 0.2) is 5.13 Å². The van der Waals surface area contributed by atoms with Crippen LogP contribution in [-0.2, 0) is 12.8 Å². The molecule has 0 fully saturated rings. The molecule has 4 N–H and O–H groups in total. The third-order valence-electron chi connectivity index (χ3n) is 1.98. The molecule has 1 aliphatic rings. The number of aromatic nitrogens is 1. The number of nitrogens with zero attached hydrogens (tertiary/aromatic N) is 1. The van der Waals surface area contributed by atoms with Gasteiger partial charge < -0.3 is 11.5 Å². The molecule has 1 aliphatic carbocycles. The van der Waals surface area contributed by atoms with E-state index >= 15 is 0 Å². The van der Waals surface area contributed by atoms with Gasteiger partial charge in [-0.2, -0.15) is 0 Å². The molecule has 0 radical (unpaired) electrons. The molecule has 2 rings (SSSR count). The van der Waals surface area contributed by atoms with Crippen molar-refractivity contribution in [2.45, 2.75) is 25.7 Å². The molecule has 0 aromatic carbocycles. The van der Waals surface area contributed by atoms with Crippen LogP contribution in [0.5, 0.6) is 0 Å². The van der Waals surface area contributed by atoms with Crippen molar-refractivity contribution in [2.75, 3.05) is 12.3 Å². The van der Waals surface area contributed by atoms with Crippen LogP contribution in [0.25, 0.3) is 0 Å². The second-order valence-electron chi connectivity index (χ2n) is 3.04. The van der Waals surface area contributed by atoms with E-state index in [4.69, 9.17) is 11.5 Å². The van der Waals surface area contributed by atoms with Crippen molar-refractivity contribution in [1.29, 1.82) is 0 Å². The average Bonchev–Trinajstić information content (AvgIpc) is 2.58. The van der Waals surface area contributed by atoms with E-state index in [2.05, 4.69) is 17.3 Å². The number of nitrogens with two attached hydrogens (primary N) is 2. The molecule has 3 nitrogen and oxygen atoms in total. The van der Waals surface area contributed by atoms with Crippen LogP contribution in [0.1, 0.15) is 23.4 Å². The predicted octanol–water partition coefficient (Wildman–Crippen LogP) is 1.18. The maximum Gasteiger partial charge on any atom is 0.180 e. The number of hydrogen-bond donors (Lipinski definition) is 2. The van der Waals surface area contributed by atoms with Crippen molar-refractivity contribution in [1.82, 2.24) is 4.98 Å². The Bertz CT molecular complexity index is 301. The minimum atomic E-state index is 0.347. The van der Waals surface area contributed by atoms with E-state index in [0.717, 1.165) is 11.6 Å². The van der Waals surface area contributed by atoms with Gasteiger partial charge >= 0.3 is 0 Å². The normalized spacial score (nSPS) is 13.4. The zero-order valence-corrected chi connectivity index (χ0v) is 8.94. The highest BCUT2D eigenvalue weighted by Crippen LogP contribution is 2.27. The Morgan fingerprint density at radius 3 is 2.64 bits per heavy atom. The maximum atomic E-state index is 5.57. The Labute approximate surface area is 88.5 Å². The highest BCUT2D eigenvalue weighted by Gasteiger charge is 2.12. The van der Waals surface area contributed by atoms with Crippen LogP contribution >= 0.6 is 11.3 Å². The second-order valence-corrected chi connectivity index (χ2v) is 4.15. The van der Waals surface area contributed by atoms with E-state index in [1.807, 2.05) is 0 Å².